The topological polar surface area (TPSA) is 57.7 Å². The summed E-state index contributed by atoms with van der Waals surface area (Å²) >= 11 is 1.41. The number of ether oxygens (including phenoxy) is 1. The van der Waals surface area contributed by atoms with Crippen molar-refractivity contribution in [3.05, 3.63) is 23.9 Å². The average Bonchev–Trinajstić information content (AvgIpc) is 3.35. The second-order valence-electron chi connectivity index (χ2n) is 8.02. The number of benzene rings is 1. The van der Waals surface area contributed by atoms with Crippen LogP contribution in [0.25, 0.3) is 10.1 Å². The first-order chi connectivity index (χ1) is 13.2. The third-order valence-electron chi connectivity index (χ3n) is 6.48. The number of fused-ring (bicyclic) bond motifs is 4. The third kappa shape index (κ3) is 3.22. The Morgan fingerprint density at radius 2 is 2.07 bits per heavy atom. The molecule has 6 nitrogen and oxygen atoms in total. The van der Waals surface area contributed by atoms with Crippen LogP contribution < -0.4 is 10.2 Å². The van der Waals surface area contributed by atoms with Crippen molar-refractivity contribution >= 4 is 33.2 Å². The van der Waals surface area contributed by atoms with Crippen LogP contribution in [-0.4, -0.2) is 67.2 Å². The molecule has 144 valence electrons. The third-order valence-corrected chi connectivity index (χ3v) is 7.31. The van der Waals surface area contributed by atoms with Crippen molar-refractivity contribution in [2.24, 2.45) is 5.92 Å². The van der Waals surface area contributed by atoms with Crippen LogP contribution in [0.4, 0.5) is 5.69 Å². The van der Waals surface area contributed by atoms with Crippen molar-refractivity contribution in [1.82, 2.24) is 14.6 Å². The second-order valence-corrected chi connectivity index (χ2v) is 8.83. The van der Waals surface area contributed by atoms with Gasteiger partial charge in [0.25, 0.3) is 5.91 Å². The molecule has 2 aromatic rings. The second kappa shape index (κ2) is 7.04. The Morgan fingerprint density at radius 1 is 1.22 bits per heavy atom. The molecule has 0 saturated carbocycles. The predicted octanol–water partition coefficient (Wildman–Crippen LogP) is 2.35. The predicted molar refractivity (Wildman–Crippen MR) is 108 cm³/mol. The molecule has 1 amide bonds. The summed E-state index contributed by atoms with van der Waals surface area (Å²) in [4.78, 5) is 17.8. The molecule has 0 unspecified atom stereocenters. The summed E-state index contributed by atoms with van der Waals surface area (Å²) in [6.07, 6.45) is 3.73. The summed E-state index contributed by atoms with van der Waals surface area (Å²) in [5.74, 6) is 0.600. The van der Waals surface area contributed by atoms with E-state index in [2.05, 4.69) is 37.7 Å². The van der Waals surface area contributed by atoms with Crippen molar-refractivity contribution < 1.29 is 9.53 Å². The highest BCUT2D eigenvalue weighted by atomic mass is 32.1. The minimum absolute atomic E-state index is 0.0201. The number of nitrogens with zero attached hydrogens (tertiary/aromatic N) is 3. The summed E-state index contributed by atoms with van der Waals surface area (Å²) in [7, 11) is 1.77. The van der Waals surface area contributed by atoms with Gasteiger partial charge in [0.2, 0.25) is 0 Å². The van der Waals surface area contributed by atoms with E-state index in [1.807, 2.05) is 0 Å². The van der Waals surface area contributed by atoms with Crippen LogP contribution in [0, 0.1) is 5.92 Å². The number of aromatic nitrogens is 1. The van der Waals surface area contributed by atoms with Crippen molar-refractivity contribution in [3.8, 4) is 0 Å². The Hall–Kier alpha value is -1.70. The molecular formula is C20H26N4O2S. The van der Waals surface area contributed by atoms with Gasteiger partial charge < -0.3 is 19.9 Å². The largest absolute Gasteiger partial charge is 0.380 e. The molecule has 0 radical (unpaired) electrons. The molecule has 0 spiro atoms. The Balaban J connectivity index is 1.37. The molecule has 4 fully saturated rings. The lowest BCUT2D eigenvalue weighted by atomic mass is 9.84. The number of amides is 1. The number of rotatable bonds is 4. The van der Waals surface area contributed by atoms with Gasteiger partial charge in [-0.2, -0.15) is 4.37 Å². The van der Waals surface area contributed by atoms with Gasteiger partial charge in [0.05, 0.1) is 10.8 Å². The molecular weight excluding hydrogens is 360 g/mol. The number of anilines is 1. The SMILES string of the molecule is CO[C@H]1CCN(c2ccc3snc(C(=O)N[C@H]4CN5CCC4CC5)c3c2)C1. The number of carbonyl (C=O) groups is 1. The van der Waals surface area contributed by atoms with Gasteiger partial charge in [-0.15, -0.1) is 0 Å². The van der Waals surface area contributed by atoms with E-state index in [9.17, 15) is 4.79 Å². The summed E-state index contributed by atoms with van der Waals surface area (Å²) in [5.41, 5.74) is 1.73. The van der Waals surface area contributed by atoms with E-state index in [0.717, 1.165) is 41.8 Å². The van der Waals surface area contributed by atoms with E-state index in [1.54, 1.807) is 7.11 Å². The van der Waals surface area contributed by atoms with Crippen LogP contribution in [0.15, 0.2) is 18.2 Å². The monoisotopic (exact) mass is 386 g/mol. The number of nitrogens with one attached hydrogen (secondary N) is 1. The zero-order valence-corrected chi connectivity index (χ0v) is 16.5. The Bertz CT molecular complexity index is 846. The highest BCUT2D eigenvalue weighted by Crippen LogP contribution is 2.31. The standard InChI is InChI=1S/C20H26N4O2S/c1-26-15-6-9-24(11-15)14-2-3-18-16(10-14)19(22-27-18)20(25)21-17-12-23-7-4-13(17)5-8-23/h2-3,10,13,15,17H,4-9,11-12H2,1H3,(H,21,25)/t15-,17-/m0/s1. The number of methoxy groups -OCH3 is 1. The molecule has 27 heavy (non-hydrogen) atoms. The summed E-state index contributed by atoms with van der Waals surface area (Å²) in [6, 6.07) is 6.62. The van der Waals surface area contributed by atoms with E-state index in [4.69, 9.17) is 4.74 Å². The van der Waals surface area contributed by atoms with Crippen molar-refractivity contribution in [3.63, 3.8) is 0 Å². The fourth-order valence-electron chi connectivity index (χ4n) is 4.81. The maximum Gasteiger partial charge on any atom is 0.271 e. The fourth-order valence-corrected chi connectivity index (χ4v) is 5.56. The molecule has 4 aliphatic heterocycles. The van der Waals surface area contributed by atoms with Gasteiger partial charge in [-0.1, -0.05) is 0 Å². The molecule has 4 saturated heterocycles. The molecule has 5 heterocycles. The lowest BCUT2D eigenvalue weighted by molar-refractivity contribution is 0.0619. The van der Waals surface area contributed by atoms with Crippen LogP contribution in [0.1, 0.15) is 29.8 Å². The smallest absolute Gasteiger partial charge is 0.271 e. The van der Waals surface area contributed by atoms with Crippen LogP contribution in [-0.2, 0) is 4.74 Å². The Kier molecular flexibility index (Phi) is 4.53. The molecule has 1 aromatic heterocycles. The van der Waals surface area contributed by atoms with E-state index in [1.165, 1.54) is 37.5 Å². The fraction of sp³-hybridized carbons (Fsp3) is 0.600. The maximum absolute atomic E-state index is 13.0. The van der Waals surface area contributed by atoms with Gasteiger partial charge in [0, 0.05) is 43.9 Å². The maximum atomic E-state index is 13.0. The van der Waals surface area contributed by atoms with Gasteiger partial charge in [-0.3, -0.25) is 4.79 Å². The Labute approximate surface area is 163 Å². The van der Waals surface area contributed by atoms with E-state index in [-0.39, 0.29) is 11.9 Å². The van der Waals surface area contributed by atoms with Crippen molar-refractivity contribution in [2.45, 2.75) is 31.4 Å². The first-order valence-corrected chi connectivity index (χ1v) is 10.7. The summed E-state index contributed by atoms with van der Waals surface area (Å²) < 4.78 is 11.1. The van der Waals surface area contributed by atoms with Gasteiger partial charge in [-0.25, -0.2) is 0 Å². The number of hydrogen-bond donors (Lipinski definition) is 1. The lowest BCUT2D eigenvalue weighted by Crippen LogP contribution is -2.57. The molecule has 4 aliphatic rings. The molecule has 2 atom stereocenters. The quantitative estimate of drug-likeness (QED) is 0.874. The molecule has 2 bridgehead atoms. The minimum atomic E-state index is -0.0201. The first kappa shape index (κ1) is 17.4. The lowest BCUT2D eigenvalue weighted by Gasteiger charge is -2.44. The van der Waals surface area contributed by atoms with Crippen LogP contribution in [0.5, 0.6) is 0 Å². The number of piperidine rings is 3. The number of carbonyl (C=O) groups excluding carboxylic acids is 1. The average molecular weight is 387 g/mol. The van der Waals surface area contributed by atoms with E-state index >= 15 is 0 Å². The summed E-state index contributed by atoms with van der Waals surface area (Å²) in [6.45, 7) is 5.23. The van der Waals surface area contributed by atoms with Crippen LogP contribution in [0.2, 0.25) is 0 Å². The molecule has 0 aliphatic carbocycles. The highest BCUT2D eigenvalue weighted by Gasteiger charge is 2.35. The molecule has 1 N–H and O–H groups in total. The van der Waals surface area contributed by atoms with Gasteiger partial charge >= 0.3 is 0 Å². The minimum Gasteiger partial charge on any atom is -0.380 e. The van der Waals surface area contributed by atoms with Gasteiger partial charge in [0.15, 0.2) is 0 Å². The van der Waals surface area contributed by atoms with Gasteiger partial charge in [-0.05, 0) is 68.0 Å². The molecule has 7 heteroatoms. The number of hydrogen-bond acceptors (Lipinski definition) is 6. The van der Waals surface area contributed by atoms with Gasteiger partial charge in [0.1, 0.15) is 5.69 Å². The molecule has 6 rings (SSSR count). The highest BCUT2D eigenvalue weighted by molar-refractivity contribution is 7.13. The molecule has 1 aromatic carbocycles. The van der Waals surface area contributed by atoms with Crippen LogP contribution in [0.3, 0.4) is 0 Å². The van der Waals surface area contributed by atoms with Crippen molar-refractivity contribution in [1.29, 1.82) is 0 Å². The zero-order chi connectivity index (χ0) is 18.4. The first-order valence-electron chi connectivity index (χ1n) is 9.91. The Morgan fingerprint density at radius 3 is 2.78 bits per heavy atom. The van der Waals surface area contributed by atoms with E-state index in [0.29, 0.717) is 17.7 Å². The van der Waals surface area contributed by atoms with Crippen LogP contribution >= 0.6 is 11.5 Å². The zero-order valence-electron chi connectivity index (χ0n) is 15.7. The van der Waals surface area contributed by atoms with Crippen molar-refractivity contribution in [2.75, 3.05) is 44.7 Å². The van der Waals surface area contributed by atoms with E-state index < -0.39 is 0 Å². The normalized spacial score (nSPS) is 30.2. The summed E-state index contributed by atoms with van der Waals surface area (Å²) in [5, 5.41) is 4.25.